The Kier molecular flexibility index (Phi) is 1.62. The minimum atomic E-state index is -0.419. The lowest BCUT2D eigenvalue weighted by Crippen LogP contribution is -1.88. The maximum Gasteiger partial charge on any atom is 0.0910 e. The van der Waals surface area contributed by atoms with Gasteiger partial charge in [-0.25, -0.2) is 0 Å². The molecule has 0 aliphatic heterocycles. The largest absolute Gasteiger partial charge is 0.387 e. The molecule has 62 valence electrons. The van der Waals surface area contributed by atoms with Gasteiger partial charge in [-0.05, 0) is 24.4 Å². The van der Waals surface area contributed by atoms with Crippen LogP contribution in [0.3, 0.4) is 0 Å². The van der Waals surface area contributed by atoms with Gasteiger partial charge >= 0.3 is 0 Å². The summed E-state index contributed by atoms with van der Waals surface area (Å²) < 4.78 is 0. The van der Waals surface area contributed by atoms with Crippen LogP contribution in [0.25, 0.3) is 10.9 Å². The Labute approximate surface area is 70.8 Å². The van der Waals surface area contributed by atoms with Crippen LogP contribution < -0.4 is 0 Å². The number of H-pyrrole nitrogens is 1. The summed E-state index contributed by atoms with van der Waals surface area (Å²) in [5.74, 6) is 0. The Morgan fingerprint density at radius 3 is 2.75 bits per heavy atom. The number of aromatic amines is 1. The van der Waals surface area contributed by atoms with Crippen molar-refractivity contribution in [1.82, 2.24) is 4.98 Å². The Morgan fingerprint density at radius 1 is 1.33 bits per heavy atom. The molecule has 12 heavy (non-hydrogen) atoms. The van der Waals surface area contributed by atoms with Crippen LogP contribution in [0.4, 0.5) is 0 Å². The molecule has 0 saturated carbocycles. The van der Waals surface area contributed by atoms with Crippen molar-refractivity contribution in [3.05, 3.63) is 36.0 Å². The number of aliphatic hydroxyl groups excluding tert-OH is 1. The van der Waals surface area contributed by atoms with Gasteiger partial charge in [-0.15, -0.1) is 0 Å². The van der Waals surface area contributed by atoms with Gasteiger partial charge in [0.25, 0.3) is 0 Å². The Hall–Kier alpha value is -1.28. The third kappa shape index (κ3) is 1.10. The highest BCUT2D eigenvalue weighted by Gasteiger charge is 2.03. The predicted octanol–water partition coefficient (Wildman–Crippen LogP) is 2.22. The predicted molar refractivity (Wildman–Crippen MR) is 48.9 cm³/mol. The number of aliphatic hydroxyl groups is 1. The molecule has 2 aromatic rings. The van der Waals surface area contributed by atoms with Crippen molar-refractivity contribution in [3.8, 4) is 0 Å². The summed E-state index contributed by atoms with van der Waals surface area (Å²) in [6, 6.07) is 9.96. The van der Waals surface area contributed by atoms with Gasteiger partial charge in [-0.2, -0.15) is 0 Å². The average molecular weight is 161 g/mol. The first-order valence-electron chi connectivity index (χ1n) is 4.03. The summed E-state index contributed by atoms with van der Waals surface area (Å²) in [6.07, 6.45) is -0.419. The molecule has 1 unspecified atom stereocenters. The summed E-state index contributed by atoms with van der Waals surface area (Å²) >= 11 is 0. The quantitative estimate of drug-likeness (QED) is 0.661. The zero-order valence-electron chi connectivity index (χ0n) is 6.91. The molecule has 0 bridgehead atoms. The number of rotatable bonds is 1. The van der Waals surface area contributed by atoms with E-state index in [9.17, 15) is 5.11 Å². The third-order valence-electron chi connectivity index (χ3n) is 2.00. The number of hydrogen-bond acceptors (Lipinski definition) is 1. The highest BCUT2D eigenvalue weighted by atomic mass is 16.3. The second-order valence-corrected chi connectivity index (χ2v) is 2.99. The first-order valence-corrected chi connectivity index (χ1v) is 4.03. The van der Waals surface area contributed by atoms with E-state index < -0.39 is 6.10 Å². The molecule has 0 spiro atoms. The zero-order valence-corrected chi connectivity index (χ0v) is 6.91. The van der Waals surface area contributed by atoms with Crippen molar-refractivity contribution in [2.45, 2.75) is 13.0 Å². The molecule has 1 aromatic heterocycles. The number of benzene rings is 1. The molecule has 0 radical (unpaired) electrons. The van der Waals surface area contributed by atoms with E-state index in [4.69, 9.17) is 0 Å². The Morgan fingerprint density at radius 2 is 2.08 bits per heavy atom. The monoisotopic (exact) mass is 161 g/mol. The van der Waals surface area contributed by atoms with Gasteiger partial charge in [0.1, 0.15) is 0 Å². The van der Waals surface area contributed by atoms with E-state index in [2.05, 4.69) is 4.98 Å². The molecule has 2 nitrogen and oxygen atoms in total. The van der Waals surface area contributed by atoms with Crippen LogP contribution in [0.1, 0.15) is 18.7 Å². The smallest absolute Gasteiger partial charge is 0.0910 e. The molecular formula is C10H11NO. The van der Waals surface area contributed by atoms with Crippen molar-refractivity contribution < 1.29 is 5.11 Å². The fourth-order valence-corrected chi connectivity index (χ4v) is 1.32. The average Bonchev–Trinajstić information content (AvgIpc) is 2.46. The molecular weight excluding hydrogens is 150 g/mol. The van der Waals surface area contributed by atoms with E-state index in [-0.39, 0.29) is 0 Å². The van der Waals surface area contributed by atoms with E-state index in [0.29, 0.717) is 0 Å². The van der Waals surface area contributed by atoms with Crippen molar-refractivity contribution in [3.63, 3.8) is 0 Å². The molecule has 2 N–H and O–H groups in total. The highest BCUT2D eigenvalue weighted by molar-refractivity contribution is 5.80. The maximum absolute atomic E-state index is 9.29. The van der Waals surface area contributed by atoms with Crippen LogP contribution in [0.5, 0.6) is 0 Å². The molecule has 1 heterocycles. The van der Waals surface area contributed by atoms with E-state index in [1.54, 1.807) is 6.92 Å². The second-order valence-electron chi connectivity index (χ2n) is 2.99. The summed E-state index contributed by atoms with van der Waals surface area (Å²) in [4.78, 5) is 3.14. The third-order valence-corrected chi connectivity index (χ3v) is 2.00. The van der Waals surface area contributed by atoms with Gasteiger partial charge in [0, 0.05) is 11.2 Å². The minimum absolute atomic E-state index is 0.419. The van der Waals surface area contributed by atoms with Crippen LogP contribution in [-0.4, -0.2) is 10.1 Å². The molecule has 1 atom stereocenters. The minimum Gasteiger partial charge on any atom is -0.387 e. The highest BCUT2D eigenvalue weighted by Crippen LogP contribution is 2.18. The first-order chi connectivity index (χ1) is 5.77. The second kappa shape index (κ2) is 2.64. The first kappa shape index (κ1) is 7.37. The Balaban J connectivity index is 2.62. The van der Waals surface area contributed by atoms with Gasteiger partial charge in [-0.3, -0.25) is 0 Å². The Bertz CT molecular complexity index is 356. The van der Waals surface area contributed by atoms with Crippen molar-refractivity contribution >= 4 is 10.9 Å². The topological polar surface area (TPSA) is 36.0 Å². The van der Waals surface area contributed by atoms with E-state index in [0.717, 1.165) is 16.6 Å². The summed E-state index contributed by atoms with van der Waals surface area (Å²) in [5.41, 5.74) is 1.95. The standard InChI is InChI=1S/C10H11NO/c1-7(12)10-6-8-4-2-3-5-9(8)11-10/h2-7,11-12H,1H3. The molecule has 0 aliphatic carbocycles. The lowest BCUT2D eigenvalue weighted by molar-refractivity contribution is 0.195. The van der Waals surface area contributed by atoms with Gasteiger partial charge < -0.3 is 10.1 Å². The summed E-state index contributed by atoms with van der Waals surface area (Å²) in [7, 11) is 0. The molecule has 0 amide bonds. The van der Waals surface area contributed by atoms with Crippen LogP contribution in [0, 0.1) is 0 Å². The van der Waals surface area contributed by atoms with Gasteiger partial charge in [0.15, 0.2) is 0 Å². The molecule has 1 aromatic carbocycles. The molecule has 0 saturated heterocycles. The number of fused-ring (bicyclic) bond motifs is 1. The fourth-order valence-electron chi connectivity index (χ4n) is 1.32. The van der Waals surface area contributed by atoms with Gasteiger partial charge in [0.05, 0.1) is 6.10 Å². The number of nitrogens with one attached hydrogen (secondary N) is 1. The van der Waals surface area contributed by atoms with E-state index in [1.165, 1.54) is 0 Å². The molecule has 2 heteroatoms. The summed E-state index contributed by atoms with van der Waals surface area (Å²) in [6.45, 7) is 1.75. The fraction of sp³-hybridized carbons (Fsp3) is 0.200. The summed E-state index contributed by atoms with van der Waals surface area (Å²) in [5, 5.41) is 10.4. The maximum atomic E-state index is 9.29. The van der Waals surface area contributed by atoms with Crippen LogP contribution >= 0.6 is 0 Å². The normalized spacial score (nSPS) is 13.5. The molecule has 0 fully saturated rings. The van der Waals surface area contributed by atoms with Crippen molar-refractivity contribution in [2.24, 2.45) is 0 Å². The lowest BCUT2D eigenvalue weighted by atomic mass is 10.2. The van der Waals surface area contributed by atoms with Crippen molar-refractivity contribution in [1.29, 1.82) is 0 Å². The molecule has 2 rings (SSSR count). The van der Waals surface area contributed by atoms with Crippen molar-refractivity contribution in [2.75, 3.05) is 0 Å². The van der Waals surface area contributed by atoms with E-state index >= 15 is 0 Å². The van der Waals surface area contributed by atoms with Crippen LogP contribution in [0.2, 0.25) is 0 Å². The lowest BCUT2D eigenvalue weighted by Gasteiger charge is -1.97. The van der Waals surface area contributed by atoms with Gasteiger partial charge in [0.2, 0.25) is 0 Å². The van der Waals surface area contributed by atoms with E-state index in [1.807, 2.05) is 30.3 Å². The number of para-hydroxylation sites is 1. The SMILES string of the molecule is CC(O)c1cc2ccccc2[nH]1. The van der Waals surface area contributed by atoms with Gasteiger partial charge in [-0.1, -0.05) is 18.2 Å². The zero-order chi connectivity index (χ0) is 8.55. The number of hydrogen-bond donors (Lipinski definition) is 2. The number of aromatic nitrogens is 1. The van der Waals surface area contributed by atoms with Crippen LogP contribution in [-0.2, 0) is 0 Å². The molecule has 0 aliphatic rings. The van der Waals surface area contributed by atoms with Crippen LogP contribution in [0.15, 0.2) is 30.3 Å².